The highest BCUT2D eigenvalue weighted by atomic mass is 19.1. The summed E-state index contributed by atoms with van der Waals surface area (Å²) in [4.78, 5) is 14.7. The number of rotatable bonds is 7. The van der Waals surface area contributed by atoms with Gasteiger partial charge in [0.15, 0.2) is 11.6 Å². The SMILES string of the molecule is COc1ccc(CC(=O)NCc2ccc(CN3CC(C)CC(C)C3)cc2)cc1F. The molecule has 3 rings (SSSR count). The van der Waals surface area contributed by atoms with Gasteiger partial charge < -0.3 is 10.1 Å². The number of hydrogen-bond donors (Lipinski definition) is 1. The first kappa shape index (κ1) is 21.3. The third-order valence-electron chi connectivity index (χ3n) is 5.44. The molecule has 2 atom stereocenters. The molecule has 2 aromatic carbocycles. The van der Waals surface area contributed by atoms with Gasteiger partial charge in [-0.2, -0.15) is 0 Å². The van der Waals surface area contributed by atoms with Crippen molar-refractivity contribution in [2.45, 2.75) is 39.8 Å². The number of piperidine rings is 1. The molecule has 29 heavy (non-hydrogen) atoms. The summed E-state index contributed by atoms with van der Waals surface area (Å²) >= 11 is 0. The third-order valence-corrected chi connectivity index (χ3v) is 5.44. The van der Waals surface area contributed by atoms with Gasteiger partial charge in [-0.25, -0.2) is 4.39 Å². The molecule has 0 radical (unpaired) electrons. The van der Waals surface area contributed by atoms with Gasteiger partial charge in [-0.15, -0.1) is 0 Å². The number of carbonyl (C=O) groups is 1. The number of likely N-dealkylation sites (tertiary alicyclic amines) is 1. The fraction of sp³-hybridized carbons (Fsp3) is 0.458. The average molecular weight is 399 g/mol. The van der Waals surface area contributed by atoms with Crippen LogP contribution < -0.4 is 10.1 Å². The predicted octanol–water partition coefficient (Wildman–Crippen LogP) is 4.17. The zero-order valence-corrected chi connectivity index (χ0v) is 17.6. The highest BCUT2D eigenvalue weighted by Crippen LogP contribution is 2.22. The van der Waals surface area contributed by atoms with Crippen LogP contribution >= 0.6 is 0 Å². The lowest BCUT2D eigenvalue weighted by molar-refractivity contribution is -0.120. The molecule has 4 nitrogen and oxygen atoms in total. The first-order valence-corrected chi connectivity index (χ1v) is 10.3. The maximum Gasteiger partial charge on any atom is 0.224 e. The molecule has 0 aromatic heterocycles. The second-order valence-electron chi connectivity index (χ2n) is 8.38. The summed E-state index contributed by atoms with van der Waals surface area (Å²) in [7, 11) is 1.42. The number of ether oxygens (including phenoxy) is 1. The minimum atomic E-state index is -0.453. The molecule has 1 aliphatic rings. The molecular weight excluding hydrogens is 367 g/mol. The molecule has 0 spiro atoms. The van der Waals surface area contributed by atoms with Crippen LogP contribution in [0.5, 0.6) is 5.75 Å². The van der Waals surface area contributed by atoms with Crippen LogP contribution in [0.15, 0.2) is 42.5 Å². The van der Waals surface area contributed by atoms with Gasteiger partial charge in [0, 0.05) is 26.2 Å². The van der Waals surface area contributed by atoms with Crippen LogP contribution in [-0.2, 0) is 24.3 Å². The lowest BCUT2D eigenvalue weighted by Gasteiger charge is -2.35. The molecule has 1 amide bonds. The topological polar surface area (TPSA) is 41.6 Å². The van der Waals surface area contributed by atoms with E-state index in [0.29, 0.717) is 12.1 Å². The van der Waals surface area contributed by atoms with Crippen molar-refractivity contribution in [3.8, 4) is 5.75 Å². The highest BCUT2D eigenvalue weighted by molar-refractivity contribution is 5.78. The highest BCUT2D eigenvalue weighted by Gasteiger charge is 2.21. The van der Waals surface area contributed by atoms with E-state index in [4.69, 9.17) is 4.74 Å². The molecule has 0 bridgehead atoms. The van der Waals surface area contributed by atoms with Crippen LogP contribution in [0.1, 0.15) is 37.0 Å². The molecule has 0 saturated carbocycles. The molecule has 5 heteroatoms. The van der Waals surface area contributed by atoms with E-state index in [-0.39, 0.29) is 18.1 Å². The van der Waals surface area contributed by atoms with E-state index in [0.717, 1.165) is 37.0 Å². The Morgan fingerprint density at radius 2 is 1.69 bits per heavy atom. The van der Waals surface area contributed by atoms with Gasteiger partial charge in [0.05, 0.1) is 13.5 Å². The van der Waals surface area contributed by atoms with E-state index in [1.165, 1.54) is 25.2 Å². The van der Waals surface area contributed by atoms with Gasteiger partial charge in [-0.3, -0.25) is 9.69 Å². The predicted molar refractivity (Wildman–Crippen MR) is 113 cm³/mol. The van der Waals surface area contributed by atoms with E-state index < -0.39 is 5.82 Å². The van der Waals surface area contributed by atoms with Crippen molar-refractivity contribution in [2.75, 3.05) is 20.2 Å². The van der Waals surface area contributed by atoms with Crippen LogP contribution in [-0.4, -0.2) is 31.0 Å². The minimum Gasteiger partial charge on any atom is -0.494 e. The Morgan fingerprint density at radius 3 is 2.31 bits per heavy atom. The van der Waals surface area contributed by atoms with E-state index >= 15 is 0 Å². The monoisotopic (exact) mass is 398 g/mol. The first-order chi connectivity index (χ1) is 13.9. The summed E-state index contributed by atoms with van der Waals surface area (Å²) in [6.07, 6.45) is 1.46. The number of halogens is 1. The summed E-state index contributed by atoms with van der Waals surface area (Å²) < 4.78 is 18.6. The zero-order chi connectivity index (χ0) is 20.8. The number of carbonyl (C=O) groups excluding carboxylic acids is 1. The summed E-state index contributed by atoms with van der Waals surface area (Å²) in [6.45, 7) is 8.42. The number of benzene rings is 2. The molecule has 1 heterocycles. The smallest absolute Gasteiger partial charge is 0.224 e. The van der Waals surface area contributed by atoms with Crippen molar-refractivity contribution in [3.05, 3.63) is 65.0 Å². The largest absolute Gasteiger partial charge is 0.494 e. The van der Waals surface area contributed by atoms with Gasteiger partial charge in [0.2, 0.25) is 5.91 Å². The van der Waals surface area contributed by atoms with E-state index in [1.54, 1.807) is 12.1 Å². The number of methoxy groups -OCH3 is 1. The maximum atomic E-state index is 13.7. The lowest BCUT2D eigenvalue weighted by atomic mass is 9.91. The van der Waals surface area contributed by atoms with Gasteiger partial charge >= 0.3 is 0 Å². The Labute approximate surface area is 173 Å². The van der Waals surface area contributed by atoms with E-state index in [9.17, 15) is 9.18 Å². The second-order valence-corrected chi connectivity index (χ2v) is 8.38. The number of hydrogen-bond acceptors (Lipinski definition) is 3. The average Bonchev–Trinajstić information content (AvgIpc) is 2.67. The molecule has 2 unspecified atom stereocenters. The first-order valence-electron chi connectivity index (χ1n) is 10.3. The molecule has 2 aromatic rings. The molecule has 1 fully saturated rings. The third kappa shape index (κ3) is 6.29. The fourth-order valence-corrected chi connectivity index (χ4v) is 4.21. The van der Waals surface area contributed by atoms with Gasteiger partial charge in [-0.1, -0.05) is 44.2 Å². The number of nitrogens with zero attached hydrogens (tertiary/aromatic N) is 1. The summed E-state index contributed by atoms with van der Waals surface area (Å²) in [5, 5.41) is 2.90. The molecule has 1 saturated heterocycles. The van der Waals surface area contributed by atoms with Crippen LogP contribution in [0.4, 0.5) is 4.39 Å². The maximum absolute atomic E-state index is 13.7. The Hall–Kier alpha value is -2.40. The Bertz CT molecular complexity index is 812. The zero-order valence-electron chi connectivity index (χ0n) is 17.6. The Kier molecular flexibility index (Phi) is 7.26. The molecule has 1 N–H and O–H groups in total. The molecule has 0 aliphatic carbocycles. The summed E-state index contributed by atoms with van der Waals surface area (Å²) in [6, 6.07) is 13.0. The lowest BCUT2D eigenvalue weighted by Crippen LogP contribution is -2.38. The van der Waals surface area contributed by atoms with Crippen molar-refractivity contribution >= 4 is 5.91 Å². The van der Waals surface area contributed by atoms with E-state index in [1.807, 2.05) is 0 Å². The second kappa shape index (κ2) is 9.88. The minimum absolute atomic E-state index is 0.130. The van der Waals surface area contributed by atoms with Crippen LogP contribution in [0.3, 0.4) is 0 Å². The summed E-state index contributed by atoms with van der Waals surface area (Å²) in [5.74, 6) is 1.11. The number of nitrogens with one attached hydrogen (secondary N) is 1. The van der Waals surface area contributed by atoms with Crippen molar-refractivity contribution in [1.82, 2.24) is 10.2 Å². The van der Waals surface area contributed by atoms with Gasteiger partial charge in [0.25, 0.3) is 0 Å². The standard InChI is InChI=1S/C24H31FN2O2/c1-17-10-18(2)15-27(14-17)16-20-6-4-19(5-7-20)13-26-24(28)12-21-8-9-23(29-3)22(25)11-21/h4-9,11,17-18H,10,12-16H2,1-3H3,(H,26,28). The van der Waals surface area contributed by atoms with Crippen LogP contribution in [0.25, 0.3) is 0 Å². The number of amides is 1. The van der Waals surface area contributed by atoms with E-state index in [2.05, 4.69) is 48.3 Å². The van der Waals surface area contributed by atoms with Crippen molar-refractivity contribution < 1.29 is 13.9 Å². The fourth-order valence-electron chi connectivity index (χ4n) is 4.21. The quantitative estimate of drug-likeness (QED) is 0.761. The van der Waals surface area contributed by atoms with Crippen LogP contribution in [0, 0.1) is 17.7 Å². The van der Waals surface area contributed by atoms with Gasteiger partial charge in [0.1, 0.15) is 0 Å². The Balaban J connectivity index is 1.47. The van der Waals surface area contributed by atoms with Crippen molar-refractivity contribution in [1.29, 1.82) is 0 Å². The van der Waals surface area contributed by atoms with Crippen molar-refractivity contribution in [3.63, 3.8) is 0 Å². The molecule has 1 aliphatic heterocycles. The van der Waals surface area contributed by atoms with Crippen molar-refractivity contribution in [2.24, 2.45) is 11.8 Å². The molecular formula is C24H31FN2O2. The summed E-state index contributed by atoms with van der Waals surface area (Å²) in [5.41, 5.74) is 2.99. The normalized spacial score (nSPS) is 19.7. The van der Waals surface area contributed by atoms with Gasteiger partial charge in [-0.05, 0) is 47.1 Å². The molecule has 156 valence electrons. The van der Waals surface area contributed by atoms with Crippen LogP contribution in [0.2, 0.25) is 0 Å². The Morgan fingerprint density at radius 1 is 1.07 bits per heavy atom.